The summed E-state index contributed by atoms with van der Waals surface area (Å²) in [5, 5.41) is 3.72. The topological polar surface area (TPSA) is 21.3 Å². The van der Waals surface area contributed by atoms with Gasteiger partial charge < -0.3 is 10.1 Å². The molecular formula is C15H31NO. The summed E-state index contributed by atoms with van der Waals surface area (Å²) in [4.78, 5) is 0. The van der Waals surface area contributed by atoms with Crippen molar-refractivity contribution in [2.75, 3.05) is 19.8 Å². The summed E-state index contributed by atoms with van der Waals surface area (Å²) >= 11 is 0. The molecule has 1 saturated heterocycles. The van der Waals surface area contributed by atoms with E-state index in [9.17, 15) is 0 Å². The van der Waals surface area contributed by atoms with E-state index in [0.29, 0.717) is 12.0 Å². The molecule has 2 heteroatoms. The summed E-state index contributed by atoms with van der Waals surface area (Å²) in [6.07, 6.45) is 5.23. The quantitative estimate of drug-likeness (QED) is 0.737. The Morgan fingerprint density at radius 3 is 2.71 bits per heavy atom. The lowest BCUT2D eigenvalue weighted by molar-refractivity contribution is 0.00797. The molecule has 0 aromatic rings. The minimum Gasteiger partial charge on any atom is -0.381 e. The average molecular weight is 241 g/mol. The third kappa shape index (κ3) is 4.97. The number of hydrogen-bond acceptors (Lipinski definition) is 2. The van der Waals surface area contributed by atoms with Crippen molar-refractivity contribution in [2.24, 2.45) is 17.8 Å². The zero-order valence-electron chi connectivity index (χ0n) is 12.2. The van der Waals surface area contributed by atoms with Gasteiger partial charge in [0.2, 0.25) is 0 Å². The molecule has 1 fully saturated rings. The molecule has 0 radical (unpaired) electrons. The Morgan fingerprint density at radius 1 is 1.35 bits per heavy atom. The number of ether oxygens (including phenoxy) is 1. The lowest BCUT2D eigenvalue weighted by atomic mass is 9.79. The van der Waals surface area contributed by atoms with Crippen LogP contribution in [0, 0.1) is 17.8 Å². The molecule has 4 unspecified atom stereocenters. The lowest BCUT2D eigenvalue weighted by Gasteiger charge is -2.37. The van der Waals surface area contributed by atoms with Crippen molar-refractivity contribution in [1.29, 1.82) is 0 Å². The van der Waals surface area contributed by atoms with Gasteiger partial charge in [0.1, 0.15) is 0 Å². The largest absolute Gasteiger partial charge is 0.381 e. The predicted octanol–water partition coefficient (Wildman–Crippen LogP) is 3.46. The zero-order chi connectivity index (χ0) is 12.7. The van der Waals surface area contributed by atoms with Crippen molar-refractivity contribution < 1.29 is 4.74 Å². The van der Waals surface area contributed by atoms with Gasteiger partial charge in [0.15, 0.2) is 0 Å². The first-order valence-corrected chi connectivity index (χ1v) is 7.50. The van der Waals surface area contributed by atoms with Crippen molar-refractivity contribution in [1.82, 2.24) is 5.32 Å². The molecule has 1 rings (SSSR count). The molecular weight excluding hydrogens is 210 g/mol. The highest BCUT2D eigenvalue weighted by Gasteiger charge is 2.29. The minimum absolute atomic E-state index is 0.695. The van der Waals surface area contributed by atoms with Crippen LogP contribution >= 0.6 is 0 Å². The molecule has 0 aromatic heterocycles. The van der Waals surface area contributed by atoms with Gasteiger partial charge in [-0.2, -0.15) is 0 Å². The number of rotatable bonds is 7. The van der Waals surface area contributed by atoms with Crippen LogP contribution in [0.25, 0.3) is 0 Å². The molecule has 0 aromatic carbocycles. The van der Waals surface area contributed by atoms with Gasteiger partial charge in [0.05, 0.1) is 0 Å². The fraction of sp³-hybridized carbons (Fsp3) is 1.00. The van der Waals surface area contributed by atoms with Gasteiger partial charge in [-0.05, 0) is 37.1 Å². The second kappa shape index (κ2) is 8.10. The van der Waals surface area contributed by atoms with Gasteiger partial charge in [0.25, 0.3) is 0 Å². The highest BCUT2D eigenvalue weighted by Crippen LogP contribution is 2.28. The van der Waals surface area contributed by atoms with E-state index >= 15 is 0 Å². The van der Waals surface area contributed by atoms with Crippen LogP contribution in [0.1, 0.15) is 53.4 Å². The van der Waals surface area contributed by atoms with E-state index in [4.69, 9.17) is 4.74 Å². The molecule has 0 saturated carbocycles. The number of hydrogen-bond donors (Lipinski definition) is 1. The van der Waals surface area contributed by atoms with Crippen molar-refractivity contribution in [3.05, 3.63) is 0 Å². The Kier molecular flexibility index (Phi) is 7.14. The predicted molar refractivity (Wildman–Crippen MR) is 74.2 cm³/mol. The van der Waals surface area contributed by atoms with Crippen molar-refractivity contribution in [3.63, 3.8) is 0 Å². The summed E-state index contributed by atoms with van der Waals surface area (Å²) in [5.74, 6) is 2.36. The molecule has 1 aliphatic rings. The van der Waals surface area contributed by atoms with E-state index in [2.05, 4.69) is 33.0 Å². The maximum Gasteiger partial charge on any atom is 0.0494 e. The Hall–Kier alpha value is -0.0800. The SMILES string of the molecule is CCCC(C)CC(NCC)C1CCOCC1C. The van der Waals surface area contributed by atoms with Crippen LogP contribution in [0.4, 0.5) is 0 Å². The molecule has 0 aliphatic carbocycles. The van der Waals surface area contributed by atoms with Crippen LogP contribution in [-0.4, -0.2) is 25.8 Å². The maximum atomic E-state index is 5.56. The van der Waals surface area contributed by atoms with Crippen molar-refractivity contribution in [3.8, 4) is 0 Å². The molecule has 1 N–H and O–H groups in total. The van der Waals surface area contributed by atoms with Crippen LogP contribution in [0.15, 0.2) is 0 Å². The van der Waals surface area contributed by atoms with Crippen LogP contribution < -0.4 is 5.32 Å². The van der Waals surface area contributed by atoms with Gasteiger partial charge in [-0.3, -0.25) is 0 Å². The van der Waals surface area contributed by atoms with Gasteiger partial charge in [-0.1, -0.05) is 40.5 Å². The highest BCUT2D eigenvalue weighted by atomic mass is 16.5. The van der Waals surface area contributed by atoms with Crippen LogP contribution in [-0.2, 0) is 4.74 Å². The third-order valence-corrected chi connectivity index (χ3v) is 4.13. The fourth-order valence-electron chi connectivity index (χ4n) is 3.21. The monoisotopic (exact) mass is 241 g/mol. The first kappa shape index (κ1) is 15.0. The molecule has 0 amide bonds. The fourth-order valence-corrected chi connectivity index (χ4v) is 3.21. The molecule has 1 aliphatic heterocycles. The van der Waals surface area contributed by atoms with Crippen LogP contribution in [0.2, 0.25) is 0 Å². The van der Waals surface area contributed by atoms with Crippen LogP contribution in [0.5, 0.6) is 0 Å². The average Bonchev–Trinajstić information content (AvgIpc) is 2.29. The van der Waals surface area contributed by atoms with Gasteiger partial charge >= 0.3 is 0 Å². The first-order chi connectivity index (χ1) is 8.19. The lowest BCUT2D eigenvalue weighted by Crippen LogP contribution is -2.43. The van der Waals surface area contributed by atoms with E-state index in [1.807, 2.05) is 0 Å². The summed E-state index contributed by atoms with van der Waals surface area (Å²) in [6.45, 7) is 12.3. The van der Waals surface area contributed by atoms with E-state index in [1.54, 1.807) is 0 Å². The molecule has 2 nitrogen and oxygen atoms in total. The Morgan fingerprint density at radius 2 is 2.12 bits per heavy atom. The maximum absolute atomic E-state index is 5.56. The second-order valence-electron chi connectivity index (χ2n) is 5.80. The third-order valence-electron chi connectivity index (χ3n) is 4.13. The number of nitrogens with one attached hydrogen (secondary N) is 1. The molecule has 0 spiro atoms. The van der Waals surface area contributed by atoms with Gasteiger partial charge in [0, 0.05) is 19.3 Å². The van der Waals surface area contributed by atoms with Crippen molar-refractivity contribution >= 4 is 0 Å². The van der Waals surface area contributed by atoms with E-state index in [0.717, 1.165) is 31.6 Å². The van der Waals surface area contributed by atoms with E-state index < -0.39 is 0 Å². The Bertz CT molecular complexity index is 195. The summed E-state index contributed by atoms with van der Waals surface area (Å²) in [6, 6.07) is 0.695. The molecule has 1 heterocycles. The minimum atomic E-state index is 0.695. The Balaban J connectivity index is 2.50. The van der Waals surface area contributed by atoms with Gasteiger partial charge in [-0.25, -0.2) is 0 Å². The Labute approximate surface area is 108 Å². The molecule has 17 heavy (non-hydrogen) atoms. The zero-order valence-corrected chi connectivity index (χ0v) is 12.2. The first-order valence-electron chi connectivity index (χ1n) is 7.50. The van der Waals surface area contributed by atoms with Gasteiger partial charge in [-0.15, -0.1) is 0 Å². The van der Waals surface area contributed by atoms with Crippen molar-refractivity contribution in [2.45, 2.75) is 59.4 Å². The standard InChI is InChI=1S/C15H31NO/c1-5-7-12(3)10-15(16-6-2)14-8-9-17-11-13(14)4/h12-16H,5-11H2,1-4H3. The normalized spacial score (nSPS) is 28.9. The molecule has 0 bridgehead atoms. The van der Waals surface area contributed by atoms with E-state index in [1.165, 1.54) is 25.7 Å². The van der Waals surface area contributed by atoms with Crippen LogP contribution in [0.3, 0.4) is 0 Å². The molecule has 4 atom stereocenters. The van der Waals surface area contributed by atoms with E-state index in [-0.39, 0.29) is 0 Å². The summed E-state index contributed by atoms with van der Waals surface area (Å²) in [7, 11) is 0. The smallest absolute Gasteiger partial charge is 0.0494 e. The summed E-state index contributed by atoms with van der Waals surface area (Å²) < 4.78 is 5.56. The summed E-state index contributed by atoms with van der Waals surface area (Å²) in [5.41, 5.74) is 0. The highest BCUT2D eigenvalue weighted by molar-refractivity contribution is 4.83. The second-order valence-corrected chi connectivity index (χ2v) is 5.80. The molecule has 102 valence electrons.